The number of Topliss-reactive ketones (excluding diaryl/α,β-unsaturated/α-hetero) is 1. The summed E-state index contributed by atoms with van der Waals surface area (Å²) in [7, 11) is 0. The van der Waals surface area contributed by atoms with Gasteiger partial charge >= 0.3 is 5.97 Å². The van der Waals surface area contributed by atoms with Gasteiger partial charge in [0.15, 0.2) is 0 Å². The Balaban J connectivity index is 2.07. The first kappa shape index (κ1) is 22.4. The Morgan fingerprint density at radius 2 is 1.81 bits per heavy atom. The molecule has 0 spiro atoms. The molecule has 12 heteroatoms. The van der Waals surface area contributed by atoms with Crippen LogP contribution in [0.3, 0.4) is 0 Å². The number of nitrogens with one attached hydrogen (secondary N) is 1. The fraction of sp³-hybridized carbons (Fsp3) is 0.368. The number of benzene rings is 1. The highest BCUT2D eigenvalue weighted by atomic mass is 32.2. The lowest BCUT2D eigenvalue weighted by Crippen LogP contribution is -2.38. The second kappa shape index (κ2) is 8.47. The van der Waals surface area contributed by atoms with Crippen LogP contribution in [0.15, 0.2) is 39.4 Å². The van der Waals surface area contributed by atoms with Crippen molar-refractivity contribution in [2.75, 3.05) is 13.2 Å². The first-order valence-corrected chi connectivity index (χ1v) is 10.0. The smallest absolute Gasteiger partial charge is 0.356 e. The Hall–Kier alpha value is -3.25. The van der Waals surface area contributed by atoms with Crippen LogP contribution in [0.5, 0.6) is 0 Å². The minimum absolute atomic E-state index is 0.0684. The van der Waals surface area contributed by atoms with Crippen molar-refractivity contribution < 1.29 is 28.9 Å². The van der Waals surface area contributed by atoms with E-state index in [1.165, 1.54) is 0 Å². The molecule has 0 radical (unpaired) electrons. The molecule has 0 atom stereocenters. The Bertz CT molecular complexity index is 1030. The molecule has 1 aromatic rings. The average molecular weight is 449 g/mol. The molecule has 1 N–H and O–H groups in total. The number of carbonyl (C=O) groups is 2. The number of nitrogens with zero attached hydrogens (tertiary/aromatic N) is 2. The van der Waals surface area contributed by atoms with E-state index in [2.05, 4.69) is 5.32 Å². The molecule has 11 nitrogen and oxygen atoms in total. The third kappa shape index (κ3) is 4.75. The van der Waals surface area contributed by atoms with Gasteiger partial charge in [0, 0.05) is 34.7 Å². The van der Waals surface area contributed by atoms with Crippen molar-refractivity contribution in [2.24, 2.45) is 0 Å². The SMILES string of the molecule is CCOC(=O)C1=C(C(=O)c2cc([N+](=O)[O-])cc([N+](=O)[O-])c2)SC2=C(CC(C)(C)OC2)N1. The van der Waals surface area contributed by atoms with Gasteiger partial charge in [-0.25, -0.2) is 4.79 Å². The number of allylic oxidation sites excluding steroid dienone is 1. The topological polar surface area (TPSA) is 151 Å². The zero-order valence-corrected chi connectivity index (χ0v) is 17.7. The average Bonchev–Trinajstić information content (AvgIpc) is 2.71. The fourth-order valence-electron chi connectivity index (χ4n) is 3.09. The van der Waals surface area contributed by atoms with Gasteiger partial charge in [0.25, 0.3) is 11.4 Å². The summed E-state index contributed by atoms with van der Waals surface area (Å²) in [6.07, 6.45) is 0.460. The summed E-state index contributed by atoms with van der Waals surface area (Å²) in [6.45, 7) is 5.66. The first-order valence-electron chi connectivity index (χ1n) is 9.23. The predicted octanol–water partition coefficient (Wildman–Crippen LogP) is 3.21. The van der Waals surface area contributed by atoms with E-state index in [1.807, 2.05) is 13.8 Å². The number of non-ortho nitro benzene ring substituents is 2. The predicted molar refractivity (Wildman–Crippen MR) is 110 cm³/mol. The molecule has 0 bridgehead atoms. The number of esters is 1. The third-order valence-electron chi connectivity index (χ3n) is 4.53. The van der Waals surface area contributed by atoms with E-state index in [0.717, 1.165) is 30.0 Å². The van der Waals surface area contributed by atoms with Gasteiger partial charge in [0.05, 0.1) is 39.6 Å². The number of carbonyl (C=O) groups excluding carboxylic acids is 2. The maximum absolute atomic E-state index is 13.2. The maximum atomic E-state index is 13.2. The van der Waals surface area contributed by atoms with Gasteiger partial charge in [-0.15, -0.1) is 0 Å². The van der Waals surface area contributed by atoms with Crippen LogP contribution >= 0.6 is 11.8 Å². The summed E-state index contributed by atoms with van der Waals surface area (Å²) in [5.74, 6) is -1.54. The Morgan fingerprint density at radius 3 is 2.35 bits per heavy atom. The fourth-order valence-corrected chi connectivity index (χ4v) is 4.14. The van der Waals surface area contributed by atoms with E-state index >= 15 is 0 Å². The Labute approximate surface area is 180 Å². The Morgan fingerprint density at radius 1 is 1.19 bits per heavy atom. The lowest BCUT2D eigenvalue weighted by molar-refractivity contribution is -0.394. The van der Waals surface area contributed by atoms with Gasteiger partial charge in [-0.1, -0.05) is 11.8 Å². The second-order valence-electron chi connectivity index (χ2n) is 7.36. The van der Waals surface area contributed by atoms with E-state index in [9.17, 15) is 29.8 Å². The van der Waals surface area contributed by atoms with E-state index in [1.54, 1.807) is 6.92 Å². The van der Waals surface area contributed by atoms with Crippen LogP contribution < -0.4 is 5.32 Å². The standard InChI is InChI=1S/C19H19N3O8S/c1-4-29-18(24)15-17(31-14-9-30-19(2,3)8-13(14)20-15)16(23)10-5-11(21(25)26)7-12(6-10)22(27)28/h5-7,20H,4,8-9H2,1-3H3. The summed E-state index contributed by atoms with van der Waals surface area (Å²) in [5.41, 5.74) is -1.37. The van der Waals surface area contributed by atoms with Crippen molar-refractivity contribution in [1.29, 1.82) is 0 Å². The van der Waals surface area contributed by atoms with Gasteiger partial charge in [-0.05, 0) is 20.8 Å². The van der Waals surface area contributed by atoms with E-state index in [-0.39, 0.29) is 29.4 Å². The van der Waals surface area contributed by atoms with Crippen LogP contribution in [0.1, 0.15) is 37.6 Å². The monoisotopic (exact) mass is 449 g/mol. The van der Waals surface area contributed by atoms with Crippen molar-refractivity contribution in [3.63, 3.8) is 0 Å². The molecule has 2 aliphatic heterocycles. The van der Waals surface area contributed by atoms with Gasteiger partial charge < -0.3 is 14.8 Å². The molecule has 0 aliphatic carbocycles. The molecular formula is C19H19N3O8S. The second-order valence-corrected chi connectivity index (χ2v) is 8.47. The summed E-state index contributed by atoms with van der Waals surface area (Å²) < 4.78 is 10.8. The molecule has 0 amide bonds. The Kier molecular flexibility index (Phi) is 6.13. The molecule has 0 aromatic heterocycles. The van der Waals surface area contributed by atoms with Crippen molar-refractivity contribution >= 4 is 34.9 Å². The molecule has 0 unspecified atom stereocenters. The van der Waals surface area contributed by atoms with E-state index < -0.39 is 38.6 Å². The van der Waals surface area contributed by atoms with Gasteiger partial charge in [-0.3, -0.25) is 25.0 Å². The van der Waals surface area contributed by atoms with Crippen LogP contribution in [0.25, 0.3) is 0 Å². The summed E-state index contributed by atoms with van der Waals surface area (Å²) in [6, 6.07) is 2.65. The van der Waals surface area contributed by atoms with Crippen molar-refractivity contribution in [3.05, 3.63) is 65.2 Å². The summed E-state index contributed by atoms with van der Waals surface area (Å²) in [5, 5.41) is 25.3. The lowest BCUT2D eigenvalue weighted by atomic mass is 9.99. The number of hydrogen-bond donors (Lipinski definition) is 1. The van der Waals surface area contributed by atoms with Crippen molar-refractivity contribution in [2.45, 2.75) is 32.8 Å². The third-order valence-corrected chi connectivity index (χ3v) is 5.74. The number of hydrogen-bond acceptors (Lipinski definition) is 10. The molecule has 2 heterocycles. The largest absolute Gasteiger partial charge is 0.461 e. The molecule has 164 valence electrons. The highest BCUT2D eigenvalue weighted by Gasteiger charge is 2.37. The number of nitro groups is 2. The quantitative estimate of drug-likeness (QED) is 0.297. The highest BCUT2D eigenvalue weighted by molar-refractivity contribution is 8.07. The van der Waals surface area contributed by atoms with Crippen LogP contribution in [0, 0.1) is 20.2 Å². The zero-order chi connectivity index (χ0) is 22.9. The highest BCUT2D eigenvalue weighted by Crippen LogP contribution is 2.42. The van der Waals surface area contributed by atoms with Crippen LogP contribution in [0.2, 0.25) is 0 Å². The van der Waals surface area contributed by atoms with Gasteiger partial charge in [-0.2, -0.15) is 0 Å². The van der Waals surface area contributed by atoms with Crippen LogP contribution in [-0.4, -0.2) is 40.4 Å². The van der Waals surface area contributed by atoms with E-state index in [4.69, 9.17) is 9.47 Å². The zero-order valence-electron chi connectivity index (χ0n) is 16.9. The molecule has 31 heavy (non-hydrogen) atoms. The normalized spacial score (nSPS) is 17.5. The maximum Gasteiger partial charge on any atom is 0.356 e. The van der Waals surface area contributed by atoms with E-state index in [0.29, 0.717) is 17.0 Å². The lowest BCUT2D eigenvalue weighted by Gasteiger charge is -2.36. The minimum Gasteiger partial charge on any atom is -0.461 e. The summed E-state index contributed by atoms with van der Waals surface area (Å²) >= 11 is 0.992. The molecule has 0 saturated heterocycles. The van der Waals surface area contributed by atoms with Crippen LogP contribution in [-0.2, 0) is 14.3 Å². The van der Waals surface area contributed by atoms with Gasteiger partial charge in [0.1, 0.15) is 5.70 Å². The van der Waals surface area contributed by atoms with Crippen molar-refractivity contribution in [3.8, 4) is 0 Å². The number of thioether (sulfide) groups is 1. The summed E-state index contributed by atoms with van der Waals surface area (Å²) in [4.78, 5) is 47.1. The van der Waals surface area contributed by atoms with Gasteiger partial charge in [0.2, 0.25) is 5.78 Å². The number of nitro benzene ring substituents is 2. The molecular weight excluding hydrogens is 430 g/mol. The molecule has 2 aliphatic rings. The molecule has 3 rings (SSSR count). The number of ether oxygens (including phenoxy) is 2. The molecule has 0 fully saturated rings. The van der Waals surface area contributed by atoms with Crippen molar-refractivity contribution in [1.82, 2.24) is 5.32 Å². The first-order chi connectivity index (χ1) is 14.5. The molecule has 0 saturated carbocycles. The molecule has 1 aromatic carbocycles. The van der Waals surface area contributed by atoms with Crippen LogP contribution in [0.4, 0.5) is 11.4 Å². The number of ketones is 1. The minimum atomic E-state index is -0.825. The number of rotatable bonds is 6.